The minimum absolute atomic E-state index is 0.160. The number of nitrogens with zero attached hydrogens (tertiary/aromatic N) is 2. The molecular weight excluding hydrogens is 334 g/mol. The first kappa shape index (κ1) is 17.0. The lowest BCUT2D eigenvalue weighted by atomic mass is 9.92. The highest BCUT2D eigenvalue weighted by molar-refractivity contribution is 5.77. The van der Waals surface area contributed by atoms with Gasteiger partial charge in [0.05, 0.1) is 11.6 Å². The number of oxazole rings is 1. The van der Waals surface area contributed by atoms with Gasteiger partial charge in [-0.3, -0.25) is 4.98 Å². The molecule has 3 heterocycles. The van der Waals surface area contributed by atoms with Crippen LogP contribution in [0.15, 0.2) is 27.4 Å². The predicted molar refractivity (Wildman–Crippen MR) is 98.5 cm³/mol. The molecule has 1 N–H and O–H groups in total. The van der Waals surface area contributed by atoms with E-state index in [4.69, 9.17) is 9.15 Å². The Kier molecular flexibility index (Phi) is 3.97. The number of rotatable bonds is 1. The molecule has 2 fully saturated rings. The molecule has 0 spiro atoms. The van der Waals surface area contributed by atoms with Gasteiger partial charge in [-0.15, -0.1) is 0 Å². The third-order valence-electron chi connectivity index (χ3n) is 5.18. The number of ether oxygens (including phenoxy) is 1. The lowest BCUT2D eigenvalue weighted by molar-refractivity contribution is 0.00670. The first-order valence-electron chi connectivity index (χ1n) is 9.17. The van der Waals surface area contributed by atoms with E-state index in [0.29, 0.717) is 17.0 Å². The highest BCUT2D eigenvalue weighted by Gasteiger charge is 2.42. The van der Waals surface area contributed by atoms with Gasteiger partial charge in [-0.25, -0.2) is 9.59 Å². The van der Waals surface area contributed by atoms with E-state index >= 15 is 0 Å². The topological polar surface area (TPSA) is 78.8 Å². The van der Waals surface area contributed by atoms with E-state index in [-0.39, 0.29) is 12.1 Å². The van der Waals surface area contributed by atoms with Crippen molar-refractivity contribution < 1.29 is 13.9 Å². The van der Waals surface area contributed by atoms with E-state index in [1.807, 2.05) is 43.9 Å². The van der Waals surface area contributed by atoms with Gasteiger partial charge in [0.1, 0.15) is 5.60 Å². The quantitative estimate of drug-likeness (QED) is 0.847. The monoisotopic (exact) mass is 359 g/mol. The number of likely N-dealkylation sites (tertiary alicyclic amines) is 1. The number of H-pyrrole nitrogens is 1. The third-order valence-corrected chi connectivity index (χ3v) is 5.18. The summed E-state index contributed by atoms with van der Waals surface area (Å²) in [7, 11) is 0. The van der Waals surface area contributed by atoms with Gasteiger partial charge in [-0.1, -0.05) is 0 Å². The molecule has 2 atom stereocenters. The predicted octanol–water partition coefficient (Wildman–Crippen LogP) is 2.96. The van der Waals surface area contributed by atoms with Crippen LogP contribution >= 0.6 is 0 Å². The van der Waals surface area contributed by atoms with Crippen LogP contribution in [0.25, 0.3) is 11.1 Å². The number of hydrogen-bond acceptors (Lipinski definition) is 5. The summed E-state index contributed by atoms with van der Waals surface area (Å²) >= 11 is 0. The molecule has 2 aliphatic heterocycles. The largest absolute Gasteiger partial charge is 0.444 e. The lowest BCUT2D eigenvalue weighted by Crippen LogP contribution is -2.50. The summed E-state index contributed by atoms with van der Waals surface area (Å²) in [6, 6.07) is 5.90. The molecule has 4 rings (SSSR count). The number of amides is 1. The molecule has 0 saturated carbocycles. The number of benzene rings is 1. The molecule has 1 aromatic heterocycles. The molecule has 0 aliphatic carbocycles. The average Bonchev–Trinajstić information content (AvgIpc) is 3.13. The van der Waals surface area contributed by atoms with E-state index in [1.165, 1.54) is 0 Å². The van der Waals surface area contributed by atoms with Crippen LogP contribution in [0.1, 0.15) is 33.6 Å². The highest BCUT2D eigenvalue weighted by Crippen LogP contribution is 2.34. The first-order chi connectivity index (χ1) is 12.3. The Labute approximate surface area is 151 Å². The normalized spacial score (nSPS) is 23.3. The summed E-state index contributed by atoms with van der Waals surface area (Å²) in [6.45, 7) is 8.09. The van der Waals surface area contributed by atoms with Gasteiger partial charge < -0.3 is 19.0 Å². The Balaban J connectivity index is 1.54. The van der Waals surface area contributed by atoms with Crippen LogP contribution in [0.5, 0.6) is 0 Å². The summed E-state index contributed by atoms with van der Waals surface area (Å²) in [5.74, 6) is -0.00598. The van der Waals surface area contributed by atoms with Crippen molar-refractivity contribution in [2.45, 2.75) is 45.3 Å². The van der Waals surface area contributed by atoms with Crippen molar-refractivity contribution in [3.63, 3.8) is 0 Å². The Morgan fingerprint density at radius 3 is 2.88 bits per heavy atom. The van der Waals surface area contributed by atoms with Crippen LogP contribution in [0.4, 0.5) is 10.5 Å². The van der Waals surface area contributed by atoms with Gasteiger partial charge in [0.15, 0.2) is 5.58 Å². The maximum absolute atomic E-state index is 12.6. The fraction of sp³-hybridized carbons (Fsp3) is 0.579. The maximum atomic E-state index is 12.6. The standard InChI is InChI=1S/C19H25N3O4/c1-19(2,3)26-18(24)22-8-4-5-12-10-21(11-15(12)22)13-6-7-14-16(9-13)25-17(23)20-14/h6-7,9,12,15H,4-5,8,10-11H2,1-3H3,(H,20,23)/t12-,15+/m1/s1. The molecule has 140 valence electrons. The van der Waals surface area contributed by atoms with Crippen molar-refractivity contribution in [1.82, 2.24) is 9.88 Å². The number of carbonyl (C=O) groups is 1. The van der Waals surface area contributed by atoms with Gasteiger partial charge in [0.2, 0.25) is 0 Å². The molecule has 7 heteroatoms. The molecule has 2 aromatic rings. The second kappa shape index (κ2) is 6.07. The Morgan fingerprint density at radius 1 is 1.31 bits per heavy atom. The van der Waals surface area contributed by atoms with Gasteiger partial charge in [0.25, 0.3) is 0 Å². The Morgan fingerprint density at radius 2 is 2.12 bits per heavy atom. The molecule has 1 aromatic carbocycles. The van der Waals surface area contributed by atoms with Crippen LogP contribution in [0, 0.1) is 5.92 Å². The van der Waals surface area contributed by atoms with Gasteiger partial charge in [-0.2, -0.15) is 0 Å². The van der Waals surface area contributed by atoms with Crippen LogP contribution in [-0.2, 0) is 4.74 Å². The Bertz CT molecular complexity index is 879. The molecule has 0 unspecified atom stereocenters. The van der Waals surface area contributed by atoms with Crippen LogP contribution in [0.2, 0.25) is 0 Å². The molecule has 26 heavy (non-hydrogen) atoms. The SMILES string of the molecule is CC(C)(C)OC(=O)N1CCC[C@@H]2CN(c3ccc4[nH]c(=O)oc4c3)C[C@@H]21. The Hall–Kier alpha value is -2.44. The van der Waals surface area contributed by atoms with Crippen molar-refractivity contribution in [3.8, 4) is 0 Å². The van der Waals surface area contributed by atoms with Crippen molar-refractivity contribution in [2.24, 2.45) is 5.92 Å². The average molecular weight is 359 g/mol. The number of anilines is 1. The minimum atomic E-state index is -0.487. The number of nitrogens with one attached hydrogen (secondary N) is 1. The van der Waals surface area contributed by atoms with E-state index in [2.05, 4.69) is 9.88 Å². The number of aromatic amines is 1. The van der Waals surface area contributed by atoms with E-state index < -0.39 is 11.4 Å². The highest BCUT2D eigenvalue weighted by atomic mass is 16.6. The second-order valence-electron chi connectivity index (χ2n) is 8.24. The fourth-order valence-corrected chi connectivity index (χ4v) is 4.07. The van der Waals surface area contributed by atoms with Crippen LogP contribution in [0.3, 0.4) is 0 Å². The second-order valence-corrected chi connectivity index (χ2v) is 8.24. The summed E-state index contributed by atoms with van der Waals surface area (Å²) in [6.07, 6.45) is 1.89. The molecule has 0 bridgehead atoms. The third kappa shape index (κ3) is 3.18. The molecule has 2 saturated heterocycles. The summed E-state index contributed by atoms with van der Waals surface area (Å²) in [5, 5.41) is 0. The van der Waals surface area contributed by atoms with Gasteiger partial charge in [0, 0.05) is 31.4 Å². The number of piperidine rings is 1. The van der Waals surface area contributed by atoms with Gasteiger partial charge in [-0.05, 0) is 51.7 Å². The zero-order valence-corrected chi connectivity index (χ0v) is 15.4. The van der Waals surface area contributed by atoms with Crippen molar-refractivity contribution in [3.05, 3.63) is 28.7 Å². The maximum Gasteiger partial charge on any atom is 0.417 e. The molecule has 2 aliphatic rings. The zero-order valence-electron chi connectivity index (χ0n) is 15.4. The van der Waals surface area contributed by atoms with Crippen molar-refractivity contribution >= 4 is 22.9 Å². The minimum Gasteiger partial charge on any atom is -0.444 e. The lowest BCUT2D eigenvalue weighted by Gasteiger charge is -2.37. The smallest absolute Gasteiger partial charge is 0.417 e. The van der Waals surface area contributed by atoms with Crippen molar-refractivity contribution in [1.29, 1.82) is 0 Å². The number of hydrogen-bond donors (Lipinski definition) is 1. The number of fused-ring (bicyclic) bond motifs is 2. The van der Waals surface area contributed by atoms with Crippen molar-refractivity contribution in [2.75, 3.05) is 24.5 Å². The first-order valence-corrected chi connectivity index (χ1v) is 9.17. The molecule has 0 radical (unpaired) electrons. The molecule has 1 amide bonds. The van der Waals surface area contributed by atoms with Gasteiger partial charge >= 0.3 is 11.8 Å². The van der Waals surface area contributed by atoms with Crippen LogP contribution in [-0.4, -0.2) is 47.3 Å². The van der Waals surface area contributed by atoms with Crippen LogP contribution < -0.4 is 10.7 Å². The molecular formula is C19H25N3O4. The number of aromatic nitrogens is 1. The number of carbonyl (C=O) groups excluding carboxylic acids is 1. The van der Waals surface area contributed by atoms with E-state index in [0.717, 1.165) is 38.2 Å². The van der Waals surface area contributed by atoms with E-state index in [9.17, 15) is 9.59 Å². The zero-order chi connectivity index (χ0) is 18.5. The summed E-state index contributed by atoms with van der Waals surface area (Å²) in [5.41, 5.74) is 1.79. The molecule has 7 nitrogen and oxygen atoms in total. The fourth-order valence-electron chi connectivity index (χ4n) is 4.07. The summed E-state index contributed by atoms with van der Waals surface area (Å²) < 4.78 is 10.8. The van der Waals surface area contributed by atoms with E-state index in [1.54, 1.807) is 0 Å². The summed E-state index contributed by atoms with van der Waals surface area (Å²) in [4.78, 5) is 30.8.